The zero-order valence-electron chi connectivity index (χ0n) is 8.05. The van der Waals surface area contributed by atoms with Crippen LogP contribution in [0.15, 0.2) is 48.7 Å². The zero-order valence-corrected chi connectivity index (χ0v) is 8.05. The molecule has 0 spiro atoms. The lowest BCUT2D eigenvalue weighted by Crippen LogP contribution is -2.32. The van der Waals surface area contributed by atoms with Gasteiger partial charge in [-0.05, 0) is 29.5 Å². The van der Waals surface area contributed by atoms with E-state index in [0.717, 1.165) is 11.1 Å². The molecule has 15 heavy (non-hydrogen) atoms. The number of hydrogen-bond acceptors (Lipinski definition) is 2. The molecule has 1 atom stereocenters. The van der Waals surface area contributed by atoms with Crippen LogP contribution in [0.4, 0.5) is 0 Å². The molecule has 2 N–H and O–H groups in total. The third kappa shape index (κ3) is 2.07. The minimum absolute atomic E-state index is 0.634. The normalized spacial score (nSPS) is 19.2. The molecule has 1 aliphatic heterocycles. The number of allylic oxidation sites excluding steroid dienone is 2. The van der Waals surface area contributed by atoms with Gasteiger partial charge in [0.05, 0.1) is 0 Å². The van der Waals surface area contributed by atoms with Crippen LogP contribution in [0.2, 0.25) is 0 Å². The molecule has 3 nitrogen and oxygen atoms in total. The molecule has 1 aliphatic rings. The average Bonchev–Trinajstić information content (AvgIpc) is 2.30. The Morgan fingerprint density at radius 3 is 2.67 bits per heavy atom. The molecule has 1 aromatic carbocycles. The molecule has 1 aromatic rings. The molecule has 1 unspecified atom stereocenters. The highest BCUT2D eigenvalue weighted by atomic mass is 16.4. The van der Waals surface area contributed by atoms with Crippen LogP contribution >= 0.6 is 0 Å². The Labute approximate surface area is 87.7 Å². The highest BCUT2D eigenvalue weighted by Gasteiger charge is 2.15. The second-order valence-electron chi connectivity index (χ2n) is 3.30. The second kappa shape index (κ2) is 4.00. The van der Waals surface area contributed by atoms with E-state index in [1.54, 1.807) is 12.3 Å². The molecule has 76 valence electrons. The maximum Gasteiger partial charge on any atom is 0.330 e. The van der Waals surface area contributed by atoms with Crippen molar-refractivity contribution in [2.75, 3.05) is 0 Å². The highest BCUT2D eigenvalue weighted by molar-refractivity contribution is 5.84. The first-order valence-electron chi connectivity index (χ1n) is 4.70. The summed E-state index contributed by atoms with van der Waals surface area (Å²) in [6.45, 7) is 0. The molecule has 0 saturated carbocycles. The van der Waals surface area contributed by atoms with E-state index in [0.29, 0.717) is 0 Å². The van der Waals surface area contributed by atoms with Crippen molar-refractivity contribution in [1.29, 1.82) is 0 Å². The van der Waals surface area contributed by atoms with E-state index in [9.17, 15) is 4.79 Å². The Bertz CT molecular complexity index is 421. The SMILES string of the molecule is O=C(O)C1C=C(c2ccccc2)C=CN1. The molecule has 0 bridgehead atoms. The highest BCUT2D eigenvalue weighted by Crippen LogP contribution is 2.18. The molecular formula is C12H11NO2. The number of aliphatic carboxylic acids is 1. The Morgan fingerprint density at radius 1 is 1.27 bits per heavy atom. The summed E-state index contributed by atoms with van der Waals surface area (Å²) in [6, 6.07) is 9.08. The van der Waals surface area contributed by atoms with Crippen LogP contribution in [0.25, 0.3) is 5.57 Å². The number of dihydropyridines is 1. The lowest BCUT2D eigenvalue weighted by Gasteiger charge is -2.15. The minimum atomic E-state index is -0.868. The lowest BCUT2D eigenvalue weighted by molar-refractivity contribution is -0.137. The third-order valence-corrected chi connectivity index (χ3v) is 2.26. The quantitative estimate of drug-likeness (QED) is 0.764. The standard InChI is InChI=1S/C12H11NO2/c14-12(15)11-8-10(6-7-13-11)9-4-2-1-3-5-9/h1-8,11,13H,(H,14,15). The molecule has 0 fully saturated rings. The fourth-order valence-corrected chi connectivity index (χ4v) is 1.49. The first-order valence-corrected chi connectivity index (χ1v) is 4.70. The molecule has 0 aliphatic carbocycles. The maximum absolute atomic E-state index is 10.8. The molecule has 0 saturated heterocycles. The average molecular weight is 201 g/mol. The van der Waals surface area contributed by atoms with Crippen molar-refractivity contribution < 1.29 is 9.90 Å². The molecule has 0 aromatic heterocycles. The largest absolute Gasteiger partial charge is 0.479 e. The number of carboxylic acid groups (broad SMARTS) is 1. The Morgan fingerprint density at radius 2 is 2.00 bits per heavy atom. The predicted molar refractivity (Wildman–Crippen MR) is 58.1 cm³/mol. The van der Waals surface area contributed by atoms with Gasteiger partial charge in [0.25, 0.3) is 0 Å². The van der Waals surface area contributed by atoms with Gasteiger partial charge in [0.2, 0.25) is 0 Å². The molecule has 3 heteroatoms. The van der Waals surface area contributed by atoms with Crippen LogP contribution in [0.3, 0.4) is 0 Å². The number of hydrogen-bond donors (Lipinski definition) is 2. The maximum atomic E-state index is 10.8. The van der Waals surface area contributed by atoms with Gasteiger partial charge in [0.1, 0.15) is 6.04 Å². The van der Waals surface area contributed by atoms with Gasteiger partial charge in [-0.15, -0.1) is 0 Å². The van der Waals surface area contributed by atoms with Crippen molar-refractivity contribution in [1.82, 2.24) is 5.32 Å². The Balaban J connectivity index is 2.30. The minimum Gasteiger partial charge on any atom is -0.479 e. The first-order chi connectivity index (χ1) is 7.27. The molecule has 0 radical (unpaired) electrons. The Kier molecular flexibility index (Phi) is 2.54. The van der Waals surface area contributed by atoms with E-state index >= 15 is 0 Å². The van der Waals surface area contributed by atoms with E-state index < -0.39 is 12.0 Å². The Hall–Kier alpha value is -2.03. The number of carbonyl (C=O) groups is 1. The van der Waals surface area contributed by atoms with Crippen LogP contribution in [-0.2, 0) is 4.79 Å². The van der Waals surface area contributed by atoms with E-state index in [1.807, 2.05) is 36.4 Å². The molecular weight excluding hydrogens is 190 g/mol. The topological polar surface area (TPSA) is 49.3 Å². The van der Waals surface area contributed by atoms with Gasteiger partial charge in [0.15, 0.2) is 0 Å². The van der Waals surface area contributed by atoms with Crippen molar-refractivity contribution >= 4 is 11.5 Å². The summed E-state index contributed by atoms with van der Waals surface area (Å²) >= 11 is 0. The summed E-state index contributed by atoms with van der Waals surface area (Å²) in [5, 5.41) is 11.6. The fourth-order valence-electron chi connectivity index (χ4n) is 1.49. The summed E-state index contributed by atoms with van der Waals surface area (Å²) in [5.41, 5.74) is 1.96. The number of carboxylic acids is 1. The van der Waals surface area contributed by atoms with Gasteiger partial charge in [0, 0.05) is 0 Å². The number of nitrogens with one attached hydrogen (secondary N) is 1. The van der Waals surface area contributed by atoms with Gasteiger partial charge in [-0.1, -0.05) is 30.3 Å². The molecule has 0 amide bonds. The van der Waals surface area contributed by atoms with E-state index in [4.69, 9.17) is 5.11 Å². The van der Waals surface area contributed by atoms with Crippen molar-refractivity contribution in [2.24, 2.45) is 0 Å². The van der Waals surface area contributed by atoms with Crippen molar-refractivity contribution in [3.05, 3.63) is 54.2 Å². The summed E-state index contributed by atoms with van der Waals surface area (Å²) in [6.07, 6.45) is 5.24. The lowest BCUT2D eigenvalue weighted by atomic mass is 10.0. The van der Waals surface area contributed by atoms with Gasteiger partial charge in [-0.25, -0.2) is 4.79 Å². The molecule has 1 heterocycles. The summed E-state index contributed by atoms with van der Waals surface area (Å²) in [4.78, 5) is 10.8. The zero-order chi connectivity index (χ0) is 10.7. The number of rotatable bonds is 2. The van der Waals surface area contributed by atoms with Crippen LogP contribution in [0.5, 0.6) is 0 Å². The summed E-state index contributed by atoms with van der Waals surface area (Å²) in [7, 11) is 0. The van der Waals surface area contributed by atoms with Crippen molar-refractivity contribution in [3.63, 3.8) is 0 Å². The third-order valence-electron chi connectivity index (χ3n) is 2.26. The van der Waals surface area contributed by atoms with Gasteiger partial charge in [-0.3, -0.25) is 0 Å². The van der Waals surface area contributed by atoms with Crippen LogP contribution in [-0.4, -0.2) is 17.1 Å². The first kappa shape index (κ1) is 9.52. The van der Waals surface area contributed by atoms with Crippen molar-refractivity contribution in [2.45, 2.75) is 6.04 Å². The van der Waals surface area contributed by atoms with Gasteiger partial charge >= 0.3 is 5.97 Å². The van der Waals surface area contributed by atoms with E-state index in [2.05, 4.69) is 5.32 Å². The summed E-state index contributed by atoms with van der Waals surface area (Å²) in [5.74, 6) is -0.868. The van der Waals surface area contributed by atoms with Crippen molar-refractivity contribution in [3.8, 4) is 0 Å². The van der Waals surface area contributed by atoms with Crippen LogP contribution in [0.1, 0.15) is 5.56 Å². The smallest absolute Gasteiger partial charge is 0.330 e. The van der Waals surface area contributed by atoms with Crippen LogP contribution < -0.4 is 5.32 Å². The van der Waals surface area contributed by atoms with Gasteiger partial charge in [-0.2, -0.15) is 0 Å². The van der Waals surface area contributed by atoms with Crippen LogP contribution in [0, 0.1) is 0 Å². The fraction of sp³-hybridized carbons (Fsp3) is 0.0833. The van der Waals surface area contributed by atoms with E-state index in [-0.39, 0.29) is 0 Å². The monoisotopic (exact) mass is 201 g/mol. The van der Waals surface area contributed by atoms with Gasteiger partial charge < -0.3 is 10.4 Å². The predicted octanol–water partition coefficient (Wildman–Crippen LogP) is 1.64. The van der Waals surface area contributed by atoms with E-state index in [1.165, 1.54) is 0 Å². The number of benzene rings is 1. The molecule has 2 rings (SSSR count). The summed E-state index contributed by atoms with van der Waals surface area (Å²) < 4.78 is 0. The second-order valence-corrected chi connectivity index (χ2v) is 3.30.